The molecule has 1 aromatic rings. The van der Waals surface area contributed by atoms with Crippen molar-refractivity contribution in [2.24, 2.45) is 5.73 Å². The van der Waals surface area contributed by atoms with Crippen LogP contribution < -0.4 is 21.1 Å². The Hall–Kier alpha value is -2.71. The van der Waals surface area contributed by atoms with Crippen molar-refractivity contribution in [3.63, 3.8) is 0 Å². The molecule has 3 rings (SSSR count). The van der Waals surface area contributed by atoms with Crippen LogP contribution in [0.3, 0.4) is 0 Å². The summed E-state index contributed by atoms with van der Waals surface area (Å²) in [7, 11) is 0. The van der Waals surface area contributed by atoms with Gasteiger partial charge in [-0.05, 0) is 45.0 Å². The summed E-state index contributed by atoms with van der Waals surface area (Å²) in [6.07, 6.45) is 0.114. The summed E-state index contributed by atoms with van der Waals surface area (Å²) in [5.74, 6) is 0.139. The van der Waals surface area contributed by atoms with Crippen LogP contribution >= 0.6 is 0 Å². The minimum atomic E-state index is -0.618. The average molecular weight is 473 g/mol. The van der Waals surface area contributed by atoms with Gasteiger partial charge in [0, 0.05) is 44.8 Å². The number of nitriles is 1. The topological polar surface area (TPSA) is 133 Å². The molecule has 3 atom stereocenters. The van der Waals surface area contributed by atoms with Crippen LogP contribution in [-0.4, -0.2) is 97.8 Å². The molecule has 2 bridgehead atoms. The van der Waals surface area contributed by atoms with Crippen LogP contribution in [0.4, 0.5) is 0 Å². The molecule has 0 saturated carbocycles. The third-order valence-electron chi connectivity index (χ3n) is 5.68. The molecule has 2 fully saturated rings. The minimum absolute atomic E-state index is 0.0363. The number of hydrogen-bond acceptors (Lipinski definition) is 8. The summed E-state index contributed by atoms with van der Waals surface area (Å²) in [6.45, 7) is 10.8. The Balaban J connectivity index is 1.39. The molecule has 3 unspecified atom stereocenters. The fraction of sp³-hybridized carbons (Fsp3) is 0.625. The van der Waals surface area contributed by atoms with E-state index in [0.29, 0.717) is 24.4 Å². The number of benzene rings is 1. The molecule has 0 radical (unpaired) electrons. The summed E-state index contributed by atoms with van der Waals surface area (Å²) in [6, 6.07) is 8.15. The predicted molar refractivity (Wildman–Crippen MR) is 127 cm³/mol. The lowest BCUT2D eigenvalue weighted by molar-refractivity contribution is -0.145. The van der Waals surface area contributed by atoms with Crippen LogP contribution in [-0.2, 0) is 14.3 Å². The van der Waals surface area contributed by atoms with Crippen molar-refractivity contribution in [2.75, 3.05) is 52.4 Å². The van der Waals surface area contributed by atoms with Crippen molar-refractivity contribution in [3.05, 3.63) is 29.8 Å². The molecule has 1 aromatic carbocycles. The highest BCUT2D eigenvalue weighted by molar-refractivity contribution is 5.80. The maximum atomic E-state index is 12.3. The summed E-state index contributed by atoms with van der Waals surface area (Å²) in [4.78, 5) is 28.6. The first-order chi connectivity index (χ1) is 16.1. The lowest BCUT2D eigenvalue weighted by Crippen LogP contribution is -2.61. The van der Waals surface area contributed by atoms with Gasteiger partial charge in [-0.25, -0.2) is 0 Å². The molecular weight excluding hydrogens is 436 g/mol. The number of ether oxygens (including phenoxy) is 2. The van der Waals surface area contributed by atoms with Crippen LogP contribution in [0.25, 0.3) is 0 Å². The van der Waals surface area contributed by atoms with E-state index in [0.717, 1.165) is 32.7 Å². The van der Waals surface area contributed by atoms with Crippen LogP contribution in [0, 0.1) is 11.3 Å². The monoisotopic (exact) mass is 472 g/mol. The fourth-order valence-electron chi connectivity index (χ4n) is 4.28. The number of morpholine rings is 2. The van der Waals surface area contributed by atoms with Gasteiger partial charge in [0.1, 0.15) is 18.4 Å². The first-order valence-corrected chi connectivity index (χ1v) is 11.7. The van der Waals surface area contributed by atoms with Crippen molar-refractivity contribution in [3.8, 4) is 11.8 Å². The Morgan fingerprint density at radius 1 is 1.18 bits per heavy atom. The number of nitrogens with two attached hydrogens (primary N) is 1. The molecule has 34 heavy (non-hydrogen) atoms. The van der Waals surface area contributed by atoms with E-state index in [4.69, 9.17) is 20.5 Å². The van der Waals surface area contributed by atoms with E-state index < -0.39 is 11.9 Å². The first-order valence-electron chi connectivity index (χ1n) is 11.7. The largest absolute Gasteiger partial charge is 0.491 e. The van der Waals surface area contributed by atoms with Gasteiger partial charge < -0.3 is 25.8 Å². The second-order valence-electron chi connectivity index (χ2n) is 9.99. The maximum absolute atomic E-state index is 12.3. The van der Waals surface area contributed by atoms with Gasteiger partial charge >= 0.3 is 0 Å². The Bertz CT molecular complexity index is 865. The van der Waals surface area contributed by atoms with Crippen LogP contribution in [0.5, 0.6) is 5.75 Å². The molecule has 2 aliphatic rings. The van der Waals surface area contributed by atoms with E-state index in [2.05, 4.69) is 26.5 Å². The van der Waals surface area contributed by atoms with Gasteiger partial charge in [-0.15, -0.1) is 0 Å². The zero-order chi connectivity index (χ0) is 24.7. The third kappa shape index (κ3) is 8.25. The van der Waals surface area contributed by atoms with Crippen LogP contribution in [0.2, 0.25) is 0 Å². The zero-order valence-corrected chi connectivity index (χ0v) is 20.3. The average Bonchev–Trinajstić information content (AvgIpc) is 2.74. The zero-order valence-electron chi connectivity index (χ0n) is 20.3. The number of rotatable bonds is 10. The van der Waals surface area contributed by atoms with E-state index in [1.165, 1.54) is 0 Å². The third-order valence-corrected chi connectivity index (χ3v) is 5.68. The molecule has 2 amide bonds. The normalized spacial score (nSPS) is 21.9. The van der Waals surface area contributed by atoms with Gasteiger partial charge in [0.2, 0.25) is 11.8 Å². The number of hydrogen-bond donors (Lipinski definition) is 3. The Morgan fingerprint density at radius 3 is 2.35 bits per heavy atom. The number of amides is 2. The molecule has 0 aromatic heterocycles. The molecule has 0 aliphatic carbocycles. The number of carbonyl (C=O) groups is 2. The Kier molecular flexibility index (Phi) is 8.85. The van der Waals surface area contributed by atoms with Crippen molar-refractivity contribution < 1.29 is 19.1 Å². The number of primary amides is 1. The second kappa shape index (κ2) is 11.6. The molecule has 186 valence electrons. The molecule has 2 heterocycles. The summed E-state index contributed by atoms with van der Waals surface area (Å²) >= 11 is 0. The van der Waals surface area contributed by atoms with E-state index in [-0.39, 0.29) is 30.3 Å². The number of nitrogens with zero attached hydrogens (tertiary/aromatic N) is 3. The molecule has 0 spiro atoms. The van der Waals surface area contributed by atoms with Gasteiger partial charge in [-0.2, -0.15) is 5.26 Å². The van der Waals surface area contributed by atoms with Gasteiger partial charge in [0.15, 0.2) is 0 Å². The number of fused-ring (bicyclic) bond motifs is 2. The van der Waals surface area contributed by atoms with Crippen molar-refractivity contribution >= 4 is 11.8 Å². The van der Waals surface area contributed by atoms with Gasteiger partial charge in [-0.3, -0.25) is 19.4 Å². The molecule has 10 nitrogen and oxygen atoms in total. The van der Waals surface area contributed by atoms with Crippen molar-refractivity contribution in [1.29, 1.82) is 5.26 Å². The minimum Gasteiger partial charge on any atom is -0.491 e. The van der Waals surface area contributed by atoms with E-state index in [9.17, 15) is 9.59 Å². The Morgan fingerprint density at radius 2 is 1.79 bits per heavy atom. The second-order valence-corrected chi connectivity index (χ2v) is 9.99. The highest BCUT2D eigenvalue weighted by atomic mass is 16.5. The lowest BCUT2D eigenvalue weighted by atomic mass is 10.1. The molecular formula is C24H36N6O4. The molecule has 2 aliphatic heterocycles. The standard InChI is InChI=1S/C24H36N6O4/c1-24(2,3)28-22(31)15-30-13-19-11-29(12-20(14-30)34-19)9-8-27-21(23(26)32)16-33-18-6-4-17(10-25)5-7-18/h4-7,19-21,27H,8-9,11-16H2,1-3H3,(H2,26,32)(H,28,31). The highest BCUT2D eigenvalue weighted by Crippen LogP contribution is 2.19. The van der Waals surface area contributed by atoms with Gasteiger partial charge in [0.25, 0.3) is 0 Å². The number of carbonyl (C=O) groups excluding carboxylic acids is 2. The fourth-order valence-corrected chi connectivity index (χ4v) is 4.28. The van der Waals surface area contributed by atoms with Gasteiger partial charge in [0.05, 0.1) is 30.4 Å². The SMILES string of the molecule is CC(C)(C)NC(=O)CN1CC2CN(CCNC(COc3ccc(C#N)cc3)C(N)=O)CC(C1)O2. The van der Waals surface area contributed by atoms with E-state index in [1.54, 1.807) is 24.3 Å². The predicted octanol–water partition coefficient (Wildman–Crippen LogP) is -0.320. The summed E-state index contributed by atoms with van der Waals surface area (Å²) in [5, 5.41) is 15.1. The summed E-state index contributed by atoms with van der Waals surface area (Å²) < 4.78 is 11.7. The van der Waals surface area contributed by atoms with E-state index >= 15 is 0 Å². The van der Waals surface area contributed by atoms with Crippen molar-refractivity contribution in [1.82, 2.24) is 20.4 Å². The van der Waals surface area contributed by atoms with Gasteiger partial charge in [-0.1, -0.05) is 0 Å². The molecule has 2 saturated heterocycles. The smallest absolute Gasteiger partial charge is 0.238 e. The highest BCUT2D eigenvalue weighted by Gasteiger charge is 2.35. The van der Waals surface area contributed by atoms with Crippen LogP contribution in [0.1, 0.15) is 26.3 Å². The summed E-state index contributed by atoms with van der Waals surface area (Å²) in [5.41, 5.74) is 5.85. The first kappa shape index (κ1) is 25.9. The Labute approximate surface area is 201 Å². The molecule has 10 heteroatoms. The van der Waals surface area contributed by atoms with Crippen LogP contribution in [0.15, 0.2) is 24.3 Å². The lowest BCUT2D eigenvalue weighted by Gasteiger charge is -2.45. The van der Waals surface area contributed by atoms with E-state index in [1.807, 2.05) is 20.8 Å². The maximum Gasteiger partial charge on any atom is 0.238 e. The quantitative estimate of drug-likeness (QED) is 0.422. The molecule has 4 N–H and O–H groups in total. The number of nitrogens with one attached hydrogen (secondary N) is 2. The van der Waals surface area contributed by atoms with Crippen molar-refractivity contribution in [2.45, 2.75) is 44.6 Å².